The highest BCUT2D eigenvalue weighted by atomic mass is 16.1. The summed E-state index contributed by atoms with van der Waals surface area (Å²) in [6.45, 7) is 3.44. The van der Waals surface area contributed by atoms with Gasteiger partial charge in [0.2, 0.25) is 5.91 Å². The van der Waals surface area contributed by atoms with Crippen molar-refractivity contribution in [1.82, 2.24) is 5.32 Å². The molecule has 0 spiro atoms. The zero-order chi connectivity index (χ0) is 9.97. The van der Waals surface area contributed by atoms with Crippen LogP contribution in [0.5, 0.6) is 0 Å². The summed E-state index contributed by atoms with van der Waals surface area (Å²) < 4.78 is 0. The summed E-state index contributed by atoms with van der Waals surface area (Å²) in [5, 5.41) is 6.17. The summed E-state index contributed by atoms with van der Waals surface area (Å²) in [6, 6.07) is 6.05. The molecule has 3 nitrogen and oxygen atoms in total. The summed E-state index contributed by atoms with van der Waals surface area (Å²) in [5.74, 6) is -0.00284. The minimum absolute atomic E-state index is 0.00284. The second-order valence-electron chi connectivity index (χ2n) is 3.55. The number of carbonyl (C=O) groups excluding carboxylic acids is 1. The lowest BCUT2D eigenvalue weighted by molar-refractivity contribution is -0.114. The maximum atomic E-state index is 11.0. The molecular weight excluding hydrogens is 176 g/mol. The monoisotopic (exact) mass is 190 g/mol. The fourth-order valence-corrected chi connectivity index (χ4v) is 1.84. The lowest BCUT2D eigenvalue weighted by atomic mass is 9.99. The maximum Gasteiger partial charge on any atom is 0.221 e. The van der Waals surface area contributed by atoms with Crippen molar-refractivity contribution in [3.63, 3.8) is 0 Å². The highest BCUT2D eigenvalue weighted by Crippen LogP contribution is 2.22. The second-order valence-corrected chi connectivity index (χ2v) is 3.55. The van der Waals surface area contributed by atoms with E-state index >= 15 is 0 Å². The minimum Gasteiger partial charge on any atom is -0.326 e. The smallest absolute Gasteiger partial charge is 0.221 e. The van der Waals surface area contributed by atoms with Crippen LogP contribution in [0.25, 0.3) is 0 Å². The van der Waals surface area contributed by atoms with Gasteiger partial charge in [-0.25, -0.2) is 0 Å². The average Bonchev–Trinajstić information content (AvgIpc) is 2.18. The van der Waals surface area contributed by atoms with E-state index in [-0.39, 0.29) is 5.91 Å². The van der Waals surface area contributed by atoms with Crippen molar-refractivity contribution in [2.24, 2.45) is 0 Å². The van der Waals surface area contributed by atoms with Crippen molar-refractivity contribution < 1.29 is 4.79 Å². The standard InChI is InChI=1S/C11H14N2O/c1-8(14)13-11-4-2-3-9-7-12-6-5-10(9)11/h2-4,12H,5-7H2,1H3,(H,13,14). The largest absolute Gasteiger partial charge is 0.326 e. The molecular formula is C11H14N2O. The van der Waals surface area contributed by atoms with Crippen molar-refractivity contribution >= 4 is 11.6 Å². The lowest BCUT2D eigenvalue weighted by Gasteiger charge is -2.20. The van der Waals surface area contributed by atoms with Crippen LogP contribution in [0.3, 0.4) is 0 Å². The molecule has 1 aromatic rings. The Hall–Kier alpha value is -1.35. The number of amides is 1. The number of nitrogens with one attached hydrogen (secondary N) is 2. The lowest BCUT2D eigenvalue weighted by Crippen LogP contribution is -2.24. The molecule has 0 radical (unpaired) electrons. The number of hydrogen-bond donors (Lipinski definition) is 2. The molecule has 2 N–H and O–H groups in total. The third kappa shape index (κ3) is 1.77. The van der Waals surface area contributed by atoms with Gasteiger partial charge >= 0.3 is 0 Å². The molecule has 0 fully saturated rings. The van der Waals surface area contributed by atoms with Crippen LogP contribution in [0, 0.1) is 0 Å². The summed E-state index contributed by atoms with van der Waals surface area (Å²) >= 11 is 0. The van der Waals surface area contributed by atoms with Crippen molar-refractivity contribution in [2.75, 3.05) is 11.9 Å². The molecule has 2 rings (SSSR count). The maximum absolute atomic E-state index is 11.0. The third-order valence-electron chi connectivity index (χ3n) is 2.45. The highest BCUT2D eigenvalue weighted by molar-refractivity contribution is 5.89. The Bertz CT molecular complexity index is 360. The first kappa shape index (κ1) is 9.21. The molecule has 0 saturated carbocycles. The minimum atomic E-state index is -0.00284. The molecule has 3 heteroatoms. The van der Waals surface area contributed by atoms with E-state index in [4.69, 9.17) is 0 Å². The quantitative estimate of drug-likeness (QED) is 0.700. The predicted molar refractivity (Wildman–Crippen MR) is 56.2 cm³/mol. The van der Waals surface area contributed by atoms with Gasteiger partial charge in [-0.2, -0.15) is 0 Å². The summed E-state index contributed by atoms with van der Waals surface area (Å²) in [5.41, 5.74) is 3.54. The zero-order valence-corrected chi connectivity index (χ0v) is 8.26. The molecule has 0 aromatic heterocycles. The zero-order valence-electron chi connectivity index (χ0n) is 8.26. The van der Waals surface area contributed by atoms with Crippen molar-refractivity contribution in [3.05, 3.63) is 29.3 Å². The van der Waals surface area contributed by atoms with Crippen LogP contribution in [0.4, 0.5) is 5.69 Å². The Kier molecular flexibility index (Phi) is 2.50. The van der Waals surface area contributed by atoms with E-state index in [2.05, 4.69) is 16.7 Å². The van der Waals surface area contributed by atoms with Gasteiger partial charge < -0.3 is 10.6 Å². The molecule has 1 amide bonds. The van der Waals surface area contributed by atoms with Gasteiger partial charge in [-0.3, -0.25) is 4.79 Å². The van der Waals surface area contributed by atoms with Crippen LogP contribution in [0.15, 0.2) is 18.2 Å². The molecule has 1 aromatic carbocycles. The summed E-state index contributed by atoms with van der Waals surface area (Å²) in [6.07, 6.45) is 0.992. The highest BCUT2D eigenvalue weighted by Gasteiger charge is 2.12. The fourth-order valence-electron chi connectivity index (χ4n) is 1.84. The Morgan fingerprint density at radius 2 is 2.36 bits per heavy atom. The molecule has 74 valence electrons. The van der Waals surface area contributed by atoms with E-state index in [1.807, 2.05) is 12.1 Å². The van der Waals surface area contributed by atoms with Gasteiger partial charge in [0.25, 0.3) is 0 Å². The number of rotatable bonds is 1. The molecule has 1 aliphatic heterocycles. The van der Waals surface area contributed by atoms with E-state index in [0.29, 0.717) is 0 Å². The second kappa shape index (κ2) is 3.80. The topological polar surface area (TPSA) is 41.1 Å². The van der Waals surface area contributed by atoms with Gasteiger partial charge in [0.1, 0.15) is 0 Å². The van der Waals surface area contributed by atoms with Crippen molar-refractivity contribution in [3.8, 4) is 0 Å². The van der Waals surface area contributed by atoms with Crippen LogP contribution in [-0.2, 0) is 17.8 Å². The van der Waals surface area contributed by atoms with Gasteiger partial charge in [-0.15, -0.1) is 0 Å². The van der Waals surface area contributed by atoms with Crippen molar-refractivity contribution in [2.45, 2.75) is 19.9 Å². The van der Waals surface area contributed by atoms with Crippen molar-refractivity contribution in [1.29, 1.82) is 0 Å². The Balaban J connectivity index is 2.35. The molecule has 0 unspecified atom stereocenters. The van der Waals surface area contributed by atoms with Crippen LogP contribution >= 0.6 is 0 Å². The van der Waals surface area contributed by atoms with E-state index in [1.165, 1.54) is 11.1 Å². The molecule has 0 aliphatic carbocycles. The Morgan fingerprint density at radius 3 is 3.14 bits per heavy atom. The Labute approximate surface area is 83.5 Å². The molecule has 0 atom stereocenters. The van der Waals surface area contributed by atoms with Crippen LogP contribution in [0.1, 0.15) is 18.1 Å². The third-order valence-corrected chi connectivity index (χ3v) is 2.45. The molecule has 0 bridgehead atoms. The summed E-state index contributed by atoms with van der Waals surface area (Å²) in [7, 11) is 0. The number of hydrogen-bond acceptors (Lipinski definition) is 2. The Morgan fingerprint density at radius 1 is 1.50 bits per heavy atom. The number of anilines is 1. The van der Waals surface area contributed by atoms with Crippen LogP contribution in [-0.4, -0.2) is 12.5 Å². The first-order valence-electron chi connectivity index (χ1n) is 4.86. The van der Waals surface area contributed by atoms with E-state index < -0.39 is 0 Å². The first-order valence-corrected chi connectivity index (χ1v) is 4.86. The average molecular weight is 190 g/mol. The van der Waals surface area contributed by atoms with Gasteiger partial charge in [-0.05, 0) is 30.2 Å². The summed E-state index contributed by atoms with van der Waals surface area (Å²) in [4.78, 5) is 11.0. The predicted octanol–water partition coefficient (Wildman–Crippen LogP) is 1.29. The van der Waals surface area contributed by atoms with Gasteiger partial charge in [0.05, 0.1) is 0 Å². The van der Waals surface area contributed by atoms with Gasteiger partial charge in [0.15, 0.2) is 0 Å². The van der Waals surface area contributed by atoms with E-state index in [1.54, 1.807) is 6.92 Å². The van der Waals surface area contributed by atoms with Crippen LogP contribution in [0.2, 0.25) is 0 Å². The van der Waals surface area contributed by atoms with Gasteiger partial charge in [-0.1, -0.05) is 12.1 Å². The number of carbonyl (C=O) groups is 1. The first-order chi connectivity index (χ1) is 6.77. The normalized spacial score (nSPS) is 14.6. The van der Waals surface area contributed by atoms with Crippen LogP contribution < -0.4 is 10.6 Å². The SMILES string of the molecule is CC(=O)Nc1cccc2c1CCNC2. The molecule has 0 saturated heterocycles. The van der Waals surface area contributed by atoms with E-state index in [9.17, 15) is 4.79 Å². The number of benzene rings is 1. The molecule has 14 heavy (non-hydrogen) atoms. The molecule has 1 heterocycles. The van der Waals surface area contributed by atoms with E-state index in [0.717, 1.165) is 25.2 Å². The van der Waals surface area contributed by atoms with Gasteiger partial charge in [0, 0.05) is 19.2 Å². The fraction of sp³-hybridized carbons (Fsp3) is 0.364. The molecule has 1 aliphatic rings. The number of fused-ring (bicyclic) bond motifs is 1.